The topological polar surface area (TPSA) is 85.2 Å². The fourth-order valence-electron chi connectivity index (χ4n) is 3.81. The number of ether oxygens (including phenoxy) is 1. The number of nitrogens with zero attached hydrogens (tertiary/aromatic N) is 2. The van der Waals surface area contributed by atoms with Crippen LogP contribution in [0.15, 0.2) is 0 Å². The Labute approximate surface area is 165 Å². The molecule has 0 bridgehead atoms. The summed E-state index contributed by atoms with van der Waals surface area (Å²) in [7, 11) is 1.60. The van der Waals surface area contributed by atoms with Crippen molar-refractivity contribution in [2.24, 2.45) is 5.92 Å². The first-order chi connectivity index (χ1) is 13.2. The van der Waals surface area contributed by atoms with E-state index in [9.17, 15) is 9.59 Å². The van der Waals surface area contributed by atoms with Crippen LogP contribution in [-0.2, 0) is 32.4 Å². The molecule has 1 aromatic rings. The van der Waals surface area contributed by atoms with Crippen LogP contribution in [0.5, 0.6) is 0 Å². The molecule has 2 heterocycles. The van der Waals surface area contributed by atoms with Gasteiger partial charge in [0.2, 0.25) is 11.8 Å². The number of hydrogen-bond acceptors (Lipinski definition) is 5. The fourth-order valence-corrected chi connectivity index (χ4v) is 4.85. The van der Waals surface area contributed by atoms with Gasteiger partial charge < -0.3 is 15.4 Å². The quantitative estimate of drug-likeness (QED) is 0.629. The number of amides is 2. The number of thioether (sulfide) groups is 1. The van der Waals surface area contributed by atoms with Gasteiger partial charge in [-0.3, -0.25) is 9.59 Å². The number of anilines is 1. The predicted molar refractivity (Wildman–Crippen MR) is 107 cm³/mol. The second kappa shape index (κ2) is 10.1. The first kappa shape index (κ1) is 20.2. The molecule has 1 aromatic heterocycles. The molecular formula is C19H30N4O3S. The summed E-state index contributed by atoms with van der Waals surface area (Å²) in [6.07, 6.45) is 7.91. The summed E-state index contributed by atoms with van der Waals surface area (Å²) in [5.74, 6) is 2.95. The molecule has 8 heteroatoms. The summed E-state index contributed by atoms with van der Waals surface area (Å²) in [6, 6.07) is 0. The Kier molecular flexibility index (Phi) is 7.58. The zero-order valence-corrected chi connectivity index (χ0v) is 16.9. The maximum absolute atomic E-state index is 12.5. The van der Waals surface area contributed by atoms with Crippen molar-refractivity contribution in [3.8, 4) is 0 Å². The van der Waals surface area contributed by atoms with Crippen LogP contribution in [0.4, 0.5) is 5.82 Å². The summed E-state index contributed by atoms with van der Waals surface area (Å²) in [5, 5.41) is 10.4. The normalized spacial score (nSPS) is 16.9. The van der Waals surface area contributed by atoms with E-state index < -0.39 is 0 Å². The number of fused-ring (bicyclic) bond motifs is 1. The second-order valence-electron chi connectivity index (χ2n) is 7.36. The number of methoxy groups -OCH3 is 1. The largest absolute Gasteiger partial charge is 0.383 e. The maximum atomic E-state index is 12.5. The van der Waals surface area contributed by atoms with Gasteiger partial charge in [0, 0.05) is 37.1 Å². The van der Waals surface area contributed by atoms with Gasteiger partial charge in [0.15, 0.2) is 0 Å². The molecule has 0 saturated heterocycles. The maximum Gasteiger partial charge on any atom is 0.241 e. The molecule has 1 saturated carbocycles. The molecule has 2 N–H and O–H groups in total. The van der Waals surface area contributed by atoms with Gasteiger partial charge in [-0.1, -0.05) is 32.1 Å². The Bertz CT molecular complexity index is 656. The van der Waals surface area contributed by atoms with Crippen LogP contribution < -0.4 is 10.6 Å². The molecule has 0 unspecified atom stereocenters. The number of nitrogens with one attached hydrogen (secondary N) is 2. The lowest BCUT2D eigenvalue weighted by molar-refractivity contribution is -0.122. The summed E-state index contributed by atoms with van der Waals surface area (Å²) < 4.78 is 6.59. The van der Waals surface area contributed by atoms with Gasteiger partial charge in [-0.2, -0.15) is 16.9 Å². The zero-order valence-electron chi connectivity index (χ0n) is 16.1. The van der Waals surface area contributed by atoms with Crippen LogP contribution in [0.25, 0.3) is 0 Å². The SMILES string of the molecule is COCCNC(=O)Cn1nc2c(c1NC(=O)CCC1CCCCC1)CSC2. The van der Waals surface area contributed by atoms with Crippen molar-refractivity contribution < 1.29 is 14.3 Å². The number of carbonyl (C=O) groups excluding carboxylic acids is 2. The molecule has 3 rings (SSSR count). The fraction of sp³-hybridized carbons (Fsp3) is 0.737. The Balaban J connectivity index is 1.57. The Morgan fingerprint density at radius 3 is 2.81 bits per heavy atom. The third-order valence-corrected chi connectivity index (χ3v) is 6.27. The molecule has 1 fully saturated rings. The first-order valence-corrected chi connectivity index (χ1v) is 11.0. The van der Waals surface area contributed by atoms with Gasteiger partial charge >= 0.3 is 0 Å². The number of carbonyl (C=O) groups is 2. The van der Waals surface area contributed by atoms with Crippen LogP contribution >= 0.6 is 11.8 Å². The minimum absolute atomic E-state index is 0.0289. The highest BCUT2D eigenvalue weighted by atomic mass is 32.2. The lowest BCUT2D eigenvalue weighted by Gasteiger charge is -2.21. The smallest absolute Gasteiger partial charge is 0.241 e. The summed E-state index contributed by atoms with van der Waals surface area (Å²) in [5.41, 5.74) is 2.04. The molecule has 0 aromatic carbocycles. The summed E-state index contributed by atoms with van der Waals surface area (Å²) in [4.78, 5) is 24.7. The Morgan fingerprint density at radius 2 is 2.04 bits per heavy atom. The van der Waals surface area contributed by atoms with E-state index in [0.717, 1.165) is 29.2 Å². The lowest BCUT2D eigenvalue weighted by atomic mass is 9.86. The highest BCUT2D eigenvalue weighted by molar-refractivity contribution is 7.98. The predicted octanol–water partition coefficient (Wildman–Crippen LogP) is 2.69. The number of rotatable bonds is 9. The van der Waals surface area contributed by atoms with Crippen molar-refractivity contribution in [3.63, 3.8) is 0 Å². The van der Waals surface area contributed by atoms with E-state index >= 15 is 0 Å². The van der Waals surface area contributed by atoms with Crippen molar-refractivity contribution in [1.82, 2.24) is 15.1 Å². The second-order valence-corrected chi connectivity index (χ2v) is 8.34. The van der Waals surface area contributed by atoms with Gasteiger partial charge in [0.25, 0.3) is 0 Å². The average molecular weight is 395 g/mol. The Hall–Kier alpha value is -1.54. The number of aromatic nitrogens is 2. The lowest BCUT2D eigenvalue weighted by Crippen LogP contribution is -2.31. The number of hydrogen-bond donors (Lipinski definition) is 2. The third-order valence-electron chi connectivity index (χ3n) is 5.30. The molecule has 7 nitrogen and oxygen atoms in total. The van der Waals surface area contributed by atoms with Crippen molar-refractivity contribution >= 4 is 29.4 Å². The molecule has 1 aliphatic carbocycles. The summed E-state index contributed by atoms with van der Waals surface area (Å²) >= 11 is 1.79. The van der Waals surface area contributed by atoms with Gasteiger partial charge in [0.05, 0.1) is 12.3 Å². The van der Waals surface area contributed by atoms with Gasteiger partial charge in [-0.05, 0) is 12.3 Å². The average Bonchev–Trinajstić information content (AvgIpc) is 3.24. The van der Waals surface area contributed by atoms with Crippen molar-refractivity contribution in [2.45, 2.75) is 63.0 Å². The van der Waals surface area contributed by atoms with E-state index in [2.05, 4.69) is 15.7 Å². The molecule has 0 radical (unpaired) electrons. The molecule has 150 valence electrons. The van der Waals surface area contributed by atoms with E-state index in [0.29, 0.717) is 31.3 Å². The van der Waals surface area contributed by atoms with E-state index in [1.54, 1.807) is 23.6 Å². The van der Waals surface area contributed by atoms with Crippen molar-refractivity contribution in [2.75, 3.05) is 25.6 Å². The van der Waals surface area contributed by atoms with Crippen LogP contribution in [0.3, 0.4) is 0 Å². The monoisotopic (exact) mass is 394 g/mol. The third kappa shape index (κ3) is 5.72. The van der Waals surface area contributed by atoms with E-state index in [1.165, 1.54) is 32.1 Å². The molecule has 0 atom stereocenters. The van der Waals surface area contributed by atoms with Gasteiger partial charge in [-0.15, -0.1) is 0 Å². The van der Waals surface area contributed by atoms with Crippen LogP contribution in [0.1, 0.15) is 56.2 Å². The Morgan fingerprint density at radius 1 is 1.22 bits per heavy atom. The molecule has 27 heavy (non-hydrogen) atoms. The molecule has 2 amide bonds. The zero-order chi connectivity index (χ0) is 19.1. The highest BCUT2D eigenvalue weighted by Gasteiger charge is 2.25. The van der Waals surface area contributed by atoms with E-state index in [1.807, 2.05) is 0 Å². The molecular weight excluding hydrogens is 364 g/mol. The first-order valence-electron chi connectivity index (χ1n) is 9.89. The van der Waals surface area contributed by atoms with Crippen molar-refractivity contribution in [1.29, 1.82) is 0 Å². The van der Waals surface area contributed by atoms with Crippen LogP contribution in [0.2, 0.25) is 0 Å². The molecule has 2 aliphatic rings. The highest BCUT2D eigenvalue weighted by Crippen LogP contribution is 2.35. The van der Waals surface area contributed by atoms with Gasteiger partial charge in [-0.25, -0.2) is 4.68 Å². The molecule has 0 spiro atoms. The van der Waals surface area contributed by atoms with E-state index in [4.69, 9.17) is 4.74 Å². The van der Waals surface area contributed by atoms with Crippen molar-refractivity contribution in [3.05, 3.63) is 11.3 Å². The molecule has 1 aliphatic heterocycles. The standard InChI is InChI=1S/C19H30N4O3S/c1-26-10-9-20-18(25)11-23-19(15-12-27-13-16(15)22-23)21-17(24)8-7-14-5-3-2-4-6-14/h14H,2-13H2,1H3,(H,20,25)(H,21,24). The summed E-state index contributed by atoms with van der Waals surface area (Å²) in [6.45, 7) is 1.05. The minimum Gasteiger partial charge on any atom is -0.383 e. The minimum atomic E-state index is -0.126. The van der Waals surface area contributed by atoms with Crippen LogP contribution in [-0.4, -0.2) is 41.9 Å². The van der Waals surface area contributed by atoms with Crippen LogP contribution in [0, 0.1) is 5.92 Å². The van der Waals surface area contributed by atoms with E-state index in [-0.39, 0.29) is 18.4 Å². The van der Waals surface area contributed by atoms with Gasteiger partial charge in [0.1, 0.15) is 12.4 Å².